The highest BCUT2D eigenvalue weighted by molar-refractivity contribution is 9.10. The van der Waals surface area contributed by atoms with Gasteiger partial charge < -0.3 is 5.11 Å². The van der Waals surface area contributed by atoms with Crippen LogP contribution >= 0.6 is 27.5 Å². The highest BCUT2D eigenvalue weighted by Gasteiger charge is 2.16. The van der Waals surface area contributed by atoms with Crippen LogP contribution in [0.2, 0.25) is 5.02 Å². The third kappa shape index (κ3) is 4.74. The number of benzene rings is 1. The van der Waals surface area contributed by atoms with Crippen molar-refractivity contribution < 1.29 is 9.90 Å². The zero-order valence-electron chi connectivity index (χ0n) is 11.2. The molecule has 0 amide bonds. The predicted octanol–water partition coefficient (Wildman–Crippen LogP) is 2.69. The molecule has 20 heavy (non-hydrogen) atoms. The van der Waals surface area contributed by atoms with Crippen molar-refractivity contribution in [1.29, 1.82) is 0 Å². The van der Waals surface area contributed by atoms with Gasteiger partial charge in [0.25, 0.3) is 0 Å². The van der Waals surface area contributed by atoms with Crippen molar-refractivity contribution in [2.45, 2.75) is 13.0 Å². The Morgan fingerprint density at radius 1 is 1.25 bits per heavy atom. The first-order chi connectivity index (χ1) is 9.54. The van der Waals surface area contributed by atoms with Gasteiger partial charge in [0.15, 0.2) is 0 Å². The van der Waals surface area contributed by atoms with Gasteiger partial charge in [-0.05, 0) is 46.6 Å². The molecule has 110 valence electrons. The highest BCUT2D eigenvalue weighted by Crippen LogP contribution is 2.24. The highest BCUT2D eigenvalue weighted by atomic mass is 79.9. The molecular formula is C14H18BrClN2O2. The van der Waals surface area contributed by atoms with Crippen LogP contribution < -0.4 is 0 Å². The summed E-state index contributed by atoms with van der Waals surface area (Å²) in [6.45, 7) is 4.52. The summed E-state index contributed by atoms with van der Waals surface area (Å²) in [4.78, 5) is 15.1. The maximum atomic E-state index is 10.7. The fraction of sp³-hybridized carbons (Fsp3) is 0.500. The second-order valence-corrected chi connectivity index (χ2v) is 6.31. The van der Waals surface area contributed by atoms with Crippen molar-refractivity contribution in [3.05, 3.63) is 33.3 Å². The fourth-order valence-electron chi connectivity index (χ4n) is 2.43. The van der Waals surface area contributed by atoms with Gasteiger partial charge in [0.05, 0.1) is 11.6 Å². The predicted molar refractivity (Wildman–Crippen MR) is 83.1 cm³/mol. The molecule has 0 spiro atoms. The molecule has 0 bridgehead atoms. The largest absolute Gasteiger partial charge is 0.480 e. The summed E-state index contributed by atoms with van der Waals surface area (Å²) < 4.78 is 0.909. The lowest BCUT2D eigenvalue weighted by atomic mass is 10.2. The molecule has 1 N–H and O–H groups in total. The van der Waals surface area contributed by atoms with Gasteiger partial charge in [0.2, 0.25) is 0 Å². The van der Waals surface area contributed by atoms with Crippen molar-refractivity contribution in [3.63, 3.8) is 0 Å². The number of rotatable bonds is 4. The Balaban J connectivity index is 1.90. The van der Waals surface area contributed by atoms with Crippen molar-refractivity contribution in [2.24, 2.45) is 0 Å². The molecule has 4 nitrogen and oxygen atoms in total. The maximum Gasteiger partial charge on any atom is 0.317 e. The summed E-state index contributed by atoms with van der Waals surface area (Å²) in [7, 11) is 0. The van der Waals surface area contributed by atoms with E-state index >= 15 is 0 Å². The molecule has 0 atom stereocenters. The Kier molecular flexibility index (Phi) is 5.84. The Bertz CT molecular complexity index is 484. The lowest BCUT2D eigenvalue weighted by molar-refractivity contribution is -0.138. The average molecular weight is 362 g/mol. The standard InChI is InChI=1S/C14H18BrClN2O2/c15-12-3-2-11(8-13(12)16)9-17-4-1-5-18(7-6-17)10-14(19)20/h2-3,8H,1,4-7,9-10H2,(H,19,20). The van der Waals surface area contributed by atoms with Gasteiger partial charge in [-0.2, -0.15) is 0 Å². The molecule has 1 aromatic carbocycles. The fourth-order valence-corrected chi connectivity index (χ4v) is 2.88. The summed E-state index contributed by atoms with van der Waals surface area (Å²) in [6, 6.07) is 6.01. The van der Waals surface area contributed by atoms with Crippen LogP contribution in [-0.2, 0) is 11.3 Å². The topological polar surface area (TPSA) is 43.8 Å². The number of carboxylic acids is 1. The Morgan fingerprint density at radius 2 is 1.95 bits per heavy atom. The van der Waals surface area contributed by atoms with E-state index in [1.807, 2.05) is 17.0 Å². The molecule has 0 aliphatic carbocycles. The summed E-state index contributed by atoms with van der Waals surface area (Å²) in [6.07, 6.45) is 0.998. The first-order valence-electron chi connectivity index (χ1n) is 6.65. The molecule has 1 saturated heterocycles. The number of carboxylic acid groups (broad SMARTS) is 1. The molecule has 1 heterocycles. The molecule has 0 saturated carbocycles. The minimum absolute atomic E-state index is 0.137. The maximum absolute atomic E-state index is 10.7. The molecule has 0 unspecified atom stereocenters. The molecule has 1 fully saturated rings. The van der Waals surface area contributed by atoms with Crippen molar-refractivity contribution in [2.75, 3.05) is 32.7 Å². The van der Waals surface area contributed by atoms with E-state index in [0.29, 0.717) is 0 Å². The van der Waals surface area contributed by atoms with E-state index in [4.69, 9.17) is 16.7 Å². The van der Waals surface area contributed by atoms with E-state index in [1.165, 1.54) is 5.56 Å². The summed E-state index contributed by atoms with van der Waals surface area (Å²) in [5.41, 5.74) is 1.19. The quantitative estimate of drug-likeness (QED) is 0.895. The van der Waals surface area contributed by atoms with Crippen molar-refractivity contribution in [3.8, 4) is 0 Å². The number of hydrogen-bond acceptors (Lipinski definition) is 3. The third-order valence-electron chi connectivity index (χ3n) is 3.43. The van der Waals surface area contributed by atoms with E-state index in [-0.39, 0.29) is 6.54 Å². The van der Waals surface area contributed by atoms with Crippen LogP contribution in [0.15, 0.2) is 22.7 Å². The molecule has 0 radical (unpaired) electrons. The van der Waals surface area contributed by atoms with E-state index in [1.54, 1.807) is 0 Å². The van der Waals surface area contributed by atoms with E-state index < -0.39 is 5.97 Å². The average Bonchev–Trinajstić information content (AvgIpc) is 2.59. The number of nitrogens with zero attached hydrogens (tertiary/aromatic N) is 2. The van der Waals surface area contributed by atoms with Crippen LogP contribution in [-0.4, -0.2) is 53.6 Å². The molecule has 0 aromatic heterocycles. The van der Waals surface area contributed by atoms with Crippen LogP contribution in [0.4, 0.5) is 0 Å². The first kappa shape index (κ1) is 15.8. The summed E-state index contributed by atoms with van der Waals surface area (Å²) in [5.74, 6) is -0.752. The van der Waals surface area contributed by atoms with E-state index in [2.05, 4.69) is 26.9 Å². The lowest BCUT2D eigenvalue weighted by Crippen LogP contribution is -2.34. The SMILES string of the molecule is O=C(O)CN1CCCN(Cc2ccc(Br)c(Cl)c2)CC1. The Morgan fingerprint density at radius 3 is 2.65 bits per heavy atom. The molecule has 1 aliphatic rings. The van der Waals surface area contributed by atoms with Gasteiger partial charge >= 0.3 is 5.97 Å². The molecular weight excluding hydrogens is 344 g/mol. The summed E-state index contributed by atoms with van der Waals surface area (Å²) in [5, 5.41) is 9.57. The van der Waals surface area contributed by atoms with Crippen molar-refractivity contribution in [1.82, 2.24) is 9.80 Å². The van der Waals surface area contributed by atoms with Crippen LogP contribution in [0.5, 0.6) is 0 Å². The molecule has 2 rings (SSSR count). The van der Waals surface area contributed by atoms with E-state index in [0.717, 1.165) is 48.6 Å². The lowest BCUT2D eigenvalue weighted by Gasteiger charge is -2.21. The molecule has 6 heteroatoms. The summed E-state index contributed by atoms with van der Waals surface area (Å²) >= 11 is 9.50. The number of halogens is 2. The van der Waals surface area contributed by atoms with Crippen LogP contribution in [0.1, 0.15) is 12.0 Å². The number of hydrogen-bond donors (Lipinski definition) is 1. The van der Waals surface area contributed by atoms with Crippen LogP contribution in [0.3, 0.4) is 0 Å². The zero-order chi connectivity index (χ0) is 14.5. The van der Waals surface area contributed by atoms with Crippen molar-refractivity contribution >= 4 is 33.5 Å². The van der Waals surface area contributed by atoms with E-state index in [9.17, 15) is 4.79 Å². The van der Waals surface area contributed by atoms with Crippen LogP contribution in [0.25, 0.3) is 0 Å². The van der Waals surface area contributed by atoms with Gasteiger partial charge in [-0.25, -0.2) is 0 Å². The first-order valence-corrected chi connectivity index (χ1v) is 7.82. The second-order valence-electron chi connectivity index (χ2n) is 5.05. The number of aliphatic carboxylic acids is 1. The zero-order valence-corrected chi connectivity index (χ0v) is 13.5. The van der Waals surface area contributed by atoms with Gasteiger partial charge in [-0.15, -0.1) is 0 Å². The van der Waals surface area contributed by atoms with Gasteiger partial charge in [-0.3, -0.25) is 14.6 Å². The third-order valence-corrected chi connectivity index (χ3v) is 4.66. The molecule has 1 aliphatic heterocycles. The number of carbonyl (C=O) groups is 1. The minimum atomic E-state index is -0.752. The second kappa shape index (κ2) is 7.41. The van der Waals surface area contributed by atoms with Gasteiger partial charge in [-0.1, -0.05) is 17.7 Å². The monoisotopic (exact) mass is 360 g/mol. The minimum Gasteiger partial charge on any atom is -0.480 e. The smallest absolute Gasteiger partial charge is 0.317 e. The molecule has 1 aromatic rings. The van der Waals surface area contributed by atoms with Crippen LogP contribution in [0, 0.1) is 0 Å². The Hall–Kier alpha value is -0.620. The van der Waals surface area contributed by atoms with Gasteiger partial charge in [0, 0.05) is 30.7 Å². The Labute approximate surface area is 132 Å². The normalized spacial score (nSPS) is 17.9. The van der Waals surface area contributed by atoms with Gasteiger partial charge in [0.1, 0.15) is 0 Å².